The first-order chi connectivity index (χ1) is 13.3. The summed E-state index contributed by atoms with van der Waals surface area (Å²) >= 11 is 9.62. The molecule has 0 saturated carbocycles. The average Bonchev–Trinajstić information content (AvgIpc) is 2.95. The van der Waals surface area contributed by atoms with Crippen LogP contribution in [0.5, 0.6) is 0 Å². The lowest BCUT2D eigenvalue weighted by molar-refractivity contribution is 0.102. The van der Waals surface area contributed by atoms with E-state index in [1.165, 1.54) is 22.5 Å². The molecule has 1 heterocycles. The molecule has 28 heavy (non-hydrogen) atoms. The highest BCUT2D eigenvalue weighted by molar-refractivity contribution is 9.10. The van der Waals surface area contributed by atoms with Crippen LogP contribution in [0.25, 0.3) is 0 Å². The standard InChI is InChI=1S/C20H22BrClN2O3S/c1-14-12-15(6-8-18(14)21)23-20(25)17-13-16(7-9-19(17)22)28(26,27)24-10-4-2-3-5-11-24/h6-9,12-13H,2-5,10-11H2,1H3,(H,23,25). The van der Waals surface area contributed by atoms with Crippen molar-refractivity contribution in [3.63, 3.8) is 0 Å². The Morgan fingerprint density at radius 1 is 1.07 bits per heavy atom. The molecule has 0 aromatic heterocycles. The van der Waals surface area contributed by atoms with Crippen LogP contribution in [0.3, 0.4) is 0 Å². The Kier molecular flexibility index (Phi) is 6.81. The number of hydrogen-bond donors (Lipinski definition) is 1. The van der Waals surface area contributed by atoms with E-state index in [4.69, 9.17) is 11.6 Å². The molecule has 1 fully saturated rings. The molecule has 1 saturated heterocycles. The van der Waals surface area contributed by atoms with Crippen molar-refractivity contribution in [1.82, 2.24) is 4.31 Å². The molecule has 150 valence electrons. The molecule has 2 aromatic carbocycles. The van der Waals surface area contributed by atoms with Crippen LogP contribution in [0.1, 0.15) is 41.6 Å². The molecular weight excluding hydrogens is 464 g/mol. The minimum absolute atomic E-state index is 0.0935. The van der Waals surface area contributed by atoms with E-state index in [1.807, 2.05) is 19.1 Å². The van der Waals surface area contributed by atoms with E-state index in [2.05, 4.69) is 21.2 Å². The Hall–Kier alpha value is -1.41. The van der Waals surface area contributed by atoms with Crippen molar-refractivity contribution in [3.8, 4) is 0 Å². The summed E-state index contributed by atoms with van der Waals surface area (Å²) in [6, 6.07) is 9.72. The largest absolute Gasteiger partial charge is 0.322 e. The third-order valence-corrected chi connectivity index (χ3v) is 7.92. The minimum atomic E-state index is -3.65. The number of halogens is 2. The highest BCUT2D eigenvalue weighted by atomic mass is 79.9. The highest BCUT2D eigenvalue weighted by Gasteiger charge is 2.26. The van der Waals surface area contributed by atoms with Gasteiger partial charge in [-0.15, -0.1) is 0 Å². The van der Waals surface area contributed by atoms with Crippen molar-refractivity contribution in [1.29, 1.82) is 0 Å². The van der Waals surface area contributed by atoms with Gasteiger partial charge in [0.15, 0.2) is 0 Å². The van der Waals surface area contributed by atoms with E-state index < -0.39 is 15.9 Å². The van der Waals surface area contributed by atoms with Crippen molar-refractivity contribution in [2.45, 2.75) is 37.5 Å². The maximum absolute atomic E-state index is 13.0. The number of aryl methyl sites for hydroxylation is 1. The van der Waals surface area contributed by atoms with Crippen LogP contribution in [-0.4, -0.2) is 31.7 Å². The van der Waals surface area contributed by atoms with Crippen LogP contribution in [0.4, 0.5) is 5.69 Å². The summed E-state index contributed by atoms with van der Waals surface area (Å²) in [5.41, 5.74) is 1.72. The monoisotopic (exact) mass is 484 g/mol. The summed E-state index contributed by atoms with van der Waals surface area (Å²) in [7, 11) is -3.65. The summed E-state index contributed by atoms with van der Waals surface area (Å²) in [5.74, 6) is -0.445. The van der Waals surface area contributed by atoms with Crippen molar-refractivity contribution < 1.29 is 13.2 Å². The fourth-order valence-corrected chi connectivity index (χ4v) is 5.18. The van der Waals surface area contributed by atoms with Crippen LogP contribution in [0, 0.1) is 6.92 Å². The van der Waals surface area contributed by atoms with Gasteiger partial charge in [0.05, 0.1) is 15.5 Å². The molecule has 0 bridgehead atoms. The minimum Gasteiger partial charge on any atom is -0.322 e. The maximum Gasteiger partial charge on any atom is 0.257 e. The number of hydrogen-bond acceptors (Lipinski definition) is 3. The Labute approximate surface area is 179 Å². The first-order valence-corrected chi connectivity index (χ1v) is 11.8. The van der Waals surface area contributed by atoms with Gasteiger partial charge in [0.2, 0.25) is 10.0 Å². The first-order valence-electron chi connectivity index (χ1n) is 9.16. The summed E-state index contributed by atoms with van der Waals surface area (Å²) in [5, 5.41) is 2.99. The van der Waals surface area contributed by atoms with E-state index in [9.17, 15) is 13.2 Å². The lowest BCUT2D eigenvalue weighted by Gasteiger charge is -2.20. The molecule has 3 rings (SSSR count). The number of rotatable bonds is 4. The molecule has 2 aromatic rings. The SMILES string of the molecule is Cc1cc(NC(=O)c2cc(S(=O)(=O)N3CCCCCC3)ccc2Cl)ccc1Br. The van der Waals surface area contributed by atoms with Crippen LogP contribution >= 0.6 is 27.5 Å². The number of benzene rings is 2. The number of carbonyl (C=O) groups is 1. The molecular formula is C20H22BrClN2O3S. The van der Waals surface area contributed by atoms with Crippen molar-refractivity contribution in [2.75, 3.05) is 18.4 Å². The molecule has 5 nitrogen and oxygen atoms in total. The number of nitrogens with zero attached hydrogens (tertiary/aromatic N) is 1. The van der Waals surface area contributed by atoms with Gasteiger partial charge in [-0.25, -0.2) is 8.42 Å². The Balaban J connectivity index is 1.88. The topological polar surface area (TPSA) is 66.5 Å². The number of nitrogens with one attached hydrogen (secondary N) is 1. The zero-order valence-electron chi connectivity index (χ0n) is 15.5. The fourth-order valence-electron chi connectivity index (χ4n) is 3.19. The Morgan fingerprint density at radius 2 is 1.75 bits per heavy atom. The molecule has 1 aliphatic heterocycles. The number of anilines is 1. The molecule has 1 N–H and O–H groups in total. The predicted molar refractivity (Wildman–Crippen MR) is 116 cm³/mol. The molecule has 0 unspecified atom stereocenters. The Morgan fingerprint density at radius 3 is 2.39 bits per heavy atom. The van der Waals surface area contributed by atoms with Gasteiger partial charge in [0.1, 0.15) is 0 Å². The van der Waals surface area contributed by atoms with Gasteiger partial charge in [0, 0.05) is 23.2 Å². The fraction of sp³-hybridized carbons (Fsp3) is 0.350. The van der Waals surface area contributed by atoms with Crippen LogP contribution in [0.2, 0.25) is 5.02 Å². The van der Waals surface area contributed by atoms with Crippen LogP contribution in [0.15, 0.2) is 45.8 Å². The highest BCUT2D eigenvalue weighted by Crippen LogP contribution is 2.26. The van der Waals surface area contributed by atoms with Gasteiger partial charge in [-0.05, 0) is 61.7 Å². The number of amides is 1. The zero-order chi connectivity index (χ0) is 20.3. The third-order valence-electron chi connectivity index (χ3n) is 4.80. The van der Waals surface area contributed by atoms with Gasteiger partial charge in [0.25, 0.3) is 5.91 Å². The third kappa shape index (κ3) is 4.76. The summed E-state index contributed by atoms with van der Waals surface area (Å²) < 4.78 is 28.5. The van der Waals surface area contributed by atoms with Gasteiger partial charge >= 0.3 is 0 Å². The van der Waals surface area contributed by atoms with Crippen molar-refractivity contribution in [3.05, 3.63) is 57.0 Å². The second-order valence-electron chi connectivity index (χ2n) is 6.88. The summed E-state index contributed by atoms with van der Waals surface area (Å²) in [6.45, 7) is 2.93. The van der Waals surface area contributed by atoms with E-state index in [1.54, 1.807) is 6.07 Å². The lowest BCUT2D eigenvalue weighted by Crippen LogP contribution is -2.32. The van der Waals surface area contributed by atoms with Gasteiger partial charge in [-0.3, -0.25) is 4.79 Å². The lowest BCUT2D eigenvalue weighted by atomic mass is 10.2. The Bertz CT molecular complexity index is 987. The van der Waals surface area contributed by atoms with Gasteiger partial charge in [-0.1, -0.05) is 40.4 Å². The summed E-state index contributed by atoms with van der Waals surface area (Å²) in [4.78, 5) is 12.8. The smallest absolute Gasteiger partial charge is 0.257 e. The molecule has 0 radical (unpaired) electrons. The van der Waals surface area contributed by atoms with Crippen LogP contribution in [-0.2, 0) is 10.0 Å². The molecule has 1 aliphatic rings. The maximum atomic E-state index is 13.0. The molecule has 1 amide bonds. The van der Waals surface area contributed by atoms with Crippen molar-refractivity contribution in [2.24, 2.45) is 0 Å². The zero-order valence-corrected chi connectivity index (χ0v) is 18.7. The number of carbonyl (C=O) groups excluding carboxylic acids is 1. The van der Waals surface area contributed by atoms with Crippen molar-refractivity contribution >= 4 is 49.1 Å². The molecule has 0 aliphatic carbocycles. The van der Waals surface area contributed by atoms with Gasteiger partial charge in [-0.2, -0.15) is 4.31 Å². The molecule has 0 atom stereocenters. The normalized spacial score (nSPS) is 15.8. The second-order valence-corrected chi connectivity index (χ2v) is 10.1. The molecule has 8 heteroatoms. The second kappa shape index (κ2) is 8.95. The van der Waals surface area contributed by atoms with E-state index >= 15 is 0 Å². The summed E-state index contributed by atoms with van der Waals surface area (Å²) in [6.07, 6.45) is 3.77. The number of sulfonamides is 1. The van der Waals surface area contributed by atoms with E-state index in [0.29, 0.717) is 18.8 Å². The first kappa shape index (κ1) is 21.3. The van der Waals surface area contributed by atoms with Crippen LogP contribution < -0.4 is 5.32 Å². The predicted octanol–water partition coefficient (Wildman–Crippen LogP) is 5.23. The quantitative estimate of drug-likeness (QED) is 0.645. The van der Waals surface area contributed by atoms with E-state index in [0.717, 1.165) is 35.7 Å². The molecule has 0 spiro atoms. The van der Waals surface area contributed by atoms with Gasteiger partial charge < -0.3 is 5.32 Å². The van der Waals surface area contributed by atoms with E-state index in [-0.39, 0.29) is 15.5 Å². The average molecular weight is 486 g/mol.